The van der Waals surface area contributed by atoms with Gasteiger partial charge >= 0.3 is 6.03 Å². The van der Waals surface area contributed by atoms with E-state index in [2.05, 4.69) is 11.2 Å². The maximum absolute atomic E-state index is 10.8. The fourth-order valence-electron chi connectivity index (χ4n) is 0.597. The zero-order valence-electron chi connectivity index (χ0n) is 7.10. The molecule has 0 rings (SSSR count). The number of hydrogen-bond donors (Lipinski definition) is 2. The second-order valence-electron chi connectivity index (χ2n) is 2.25. The number of hydrogen-bond acceptors (Lipinski definition) is 2. The Labute approximate surface area is 82.0 Å². The first-order chi connectivity index (χ1) is 6.20. The molecular weight excluding hydrogens is 192 g/mol. The Balaban J connectivity index is 3.42. The van der Waals surface area contributed by atoms with Gasteiger partial charge in [0.15, 0.2) is 0 Å². The highest BCUT2D eigenvalue weighted by Crippen LogP contribution is 1.82. The van der Waals surface area contributed by atoms with Crippen molar-refractivity contribution < 1.29 is 9.59 Å². The van der Waals surface area contributed by atoms with Crippen molar-refractivity contribution in [1.29, 1.82) is 0 Å². The van der Waals surface area contributed by atoms with Gasteiger partial charge in [-0.1, -0.05) is 0 Å². The fourth-order valence-corrected chi connectivity index (χ4v) is 0.663. The first kappa shape index (κ1) is 11.8. The minimum atomic E-state index is -0.539. The smallest absolute Gasteiger partial charge is 0.321 e. The third-order valence-electron chi connectivity index (χ3n) is 1.16. The monoisotopic (exact) mass is 202 g/mol. The molecule has 0 unspecified atom stereocenters. The Morgan fingerprint density at radius 3 is 2.69 bits per heavy atom. The van der Waals surface area contributed by atoms with E-state index in [-0.39, 0.29) is 5.88 Å². The highest BCUT2D eigenvalue weighted by molar-refractivity contribution is 6.28. The Morgan fingerprint density at radius 1 is 1.46 bits per heavy atom. The van der Waals surface area contributed by atoms with Gasteiger partial charge in [0.1, 0.15) is 5.88 Å². The molecule has 13 heavy (non-hydrogen) atoms. The van der Waals surface area contributed by atoms with Gasteiger partial charge < -0.3 is 5.32 Å². The van der Waals surface area contributed by atoms with Crippen LogP contribution in [-0.2, 0) is 4.79 Å². The van der Waals surface area contributed by atoms with E-state index in [1.165, 1.54) is 0 Å². The molecule has 0 spiro atoms. The molecule has 0 aromatic carbocycles. The number of terminal acetylenes is 1. The van der Waals surface area contributed by atoms with Crippen molar-refractivity contribution in [3.05, 3.63) is 0 Å². The number of nitrogens with one attached hydrogen (secondary N) is 2. The average Bonchev–Trinajstić information content (AvgIpc) is 2.12. The second kappa shape index (κ2) is 7.44. The van der Waals surface area contributed by atoms with E-state index >= 15 is 0 Å². The van der Waals surface area contributed by atoms with Crippen molar-refractivity contribution in [3.8, 4) is 12.3 Å². The summed E-state index contributed by atoms with van der Waals surface area (Å²) in [7, 11) is 0. The van der Waals surface area contributed by atoms with E-state index in [0.717, 1.165) is 0 Å². The normalized spacial score (nSPS) is 8.62. The van der Waals surface area contributed by atoms with Crippen LogP contribution >= 0.6 is 11.6 Å². The maximum Gasteiger partial charge on any atom is 0.321 e. The summed E-state index contributed by atoms with van der Waals surface area (Å²) in [4.78, 5) is 21.4. The number of unbranched alkanes of at least 4 members (excludes halogenated alkanes) is 1. The maximum atomic E-state index is 10.8. The number of amides is 3. The first-order valence-electron chi connectivity index (χ1n) is 3.77. The number of carbonyl (C=O) groups excluding carboxylic acids is 2. The molecule has 0 saturated carbocycles. The van der Waals surface area contributed by atoms with Gasteiger partial charge in [-0.2, -0.15) is 0 Å². The second-order valence-corrected chi connectivity index (χ2v) is 2.51. The summed E-state index contributed by atoms with van der Waals surface area (Å²) < 4.78 is 0. The lowest BCUT2D eigenvalue weighted by Crippen LogP contribution is -2.40. The van der Waals surface area contributed by atoms with Gasteiger partial charge in [-0.05, 0) is 6.42 Å². The third kappa shape index (κ3) is 7.16. The van der Waals surface area contributed by atoms with Crippen LogP contribution in [0.15, 0.2) is 0 Å². The highest BCUT2D eigenvalue weighted by Gasteiger charge is 2.03. The van der Waals surface area contributed by atoms with Crippen molar-refractivity contribution in [2.75, 3.05) is 12.4 Å². The molecule has 4 nitrogen and oxygen atoms in total. The number of carbonyl (C=O) groups is 2. The molecule has 5 heteroatoms. The summed E-state index contributed by atoms with van der Waals surface area (Å²) >= 11 is 5.16. The van der Waals surface area contributed by atoms with E-state index in [4.69, 9.17) is 18.0 Å². The van der Waals surface area contributed by atoms with Gasteiger partial charge in [-0.15, -0.1) is 23.9 Å². The Hall–Kier alpha value is -1.21. The number of halogens is 1. The van der Waals surface area contributed by atoms with Gasteiger partial charge in [0.05, 0.1) is 0 Å². The van der Waals surface area contributed by atoms with Crippen molar-refractivity contribution >= 4 is 23.5 Å². The predicted molar refractivity (Wildman–Crippen MR) is 50.3 cm³/mol. The summed E-state index contributed by atoms with van der Waals surface area (Å²) in [6.45, 7) is 0.450. The Bertz CT molecular complexity index is 223. The predicted octanol–water partition coefficient (Wildman–Crippen LogP) is 0.464. The number of urea groups is 1. The molecule has 0 heterocycles. The average molecular weight is 203 g/mol. The van der Waals surface area contributed by atoms with E-state index < -0.39 is 11.9 Å². The quantitative estimate of drug-likeness (QED) is 0.396. The first-order valence-corrected chi connectivity index (χ1v) is 4.31. The molecule has 0 aliphatic rings. The molecule has 0 saturated heterocycles. The third-order valence-corrected chi connectivity index (χ3v) is 1.40. The summed E-state index contributed by atoms with van der Waals surface area (Å²) in [6.07, 6.45) is 6.29. The minimum Gasteiger partial charge on any atom is -0.338 e. The lowest BCUT2D eigenvalue weighted by molar-refractivity contribution is -0.117. The van der Waals surface area contributed by atoms with Crippen LogP contribution in [0.25, 0.3) is 0 Å². The van der Waals surface area contributed by atoms with Crippen LogP contribution < -0.4 is 10.6 Å². The lowest BCUT2D eigenvalue weighted by atomic mass is 10.3. The van der Waals surface area contributed by atoms with Gasteiger partial charge in [-0.25, -0.2) is 4.79 Å². The number of rotatable bonds is 4. The SMILES string of the molecule is C#CCCCNC(=O)NC(=O)CCl. The molecule has 72 valence electrons. The topological polar surface area (TPSA) is 58.2 Å². The van der Waals surface area contributed by atoms with Crippen LogP contribution in [0, 0.1) is 12.3 Å². The van der Waals surface area contributed by atoms with Crippen LogP contribution in [0.1, 0.15) is 12.8 Å². The molecule has 0 radical (unpaired) electrons. The molecule has 2 N–H and O–H groups in total. The molecule has 3 amide bonds. The van der Waals surface area contributed by atoms with Crippen molar-refractivity contribution in [2.45, 2.75) is 12.8 Å². The largest absolute Gasteiger partial charge is 0.338 e. The van der Waals surface area contributed by atoms with E-state index in [0.29, 0.717) is 19.4 Å². The van der Waals surface area contributed by atoms with Crippen molar-refractivity contribution in [3.63, 3.8) is 0 Å². The van der Waals surface area contributed by atoms with E-state index in [1.807, 2.05) is 5.32 Å². The zero-order valence-corrected chi connectivity index (χ0v) is 7.86. The summed E-state index contributed by atoms with van der Waals surface area (Å²) in [5.74, 6) is 1.69. The molecular formula is C8H11ClN2O2. The van der Waals surface area contributed by atoms with E-state index in [9.17, 15) is 9.59 Å². The highest BCUT2D eigenvalue weighted by atomic mass is 35.5. The van der Waals surface area contributed by atoms with Gasteiger partial charge in [-0.3, -0.25) is 10.1 Å². The van der Waals surface area contributed by atoms with Crippen LogP contribution in [0.2, 0.25) is 0 Å². The minimum absolute atomic E-state index is 0.224. The Kier molecular flexibility index (Phi) is 6.75. The molecule has 0 atom stereocenters. The van der Waals surface area contributed by atoms with Gasteiger partial charge in [0, 0.05) is 13.0 Å². The van der Waals surface area contributed by atoms with Crippen LogP contribution in [0.4, 0.5) is 4.79 Å². The summed E-state index contributed by atoms with van der Waals surface area (Å²) in [6, 6.07) is -0.539. The van der Waals surface area contributed by atoms with Crippen molar-refractivity contribution in [2.24, 2.45) is 0 Å². The van der Waals surface area contributed by atoms with E-state index in [1.54, 1.807) is 0 Å². The molecule has 0 bridgehead atoms. The standard InChI is InChI=1S/C8H11ClN2O2/c1-2-3-4-5-10-8(13)11-7(12)6-9/h1H,3-6H2,(H2,10,11,12,13). The van der Waals surface area contributed by atoms with Crippen molar-refractivity contribution in [1.82, 2.24) is 10.6 Å². The zero-order chi connectivity index (χ0) is 10.1. The molecule has 0 aromatic heterocycles. The summed E-state index contributed by atoms with van der Waals surface area (Å²) in [5.41, 5.74) is 0. The van der Waals surface area contributed by atoms with Crippen LogP contribution in [0.5, 0.6) is 0 Å². The van der Waals surface area contributed by atoms with Crippen LogP contribution in [-0.4, -0.2) is 24.4 Å². The number of alkyl halides is 1. The van der Waals surface area contributed by atoms with Crippen LogP contribution in [0.3, 0.4) is 0 Å². The van der Waals surface area contributed by atoms with Gasteiger partial charge in [0.2, 0.25) is 5.91 Å². The lowest BCUT2D eigenvalue weighted by Gasteiger charge is -2.03. The molecule has 0 aliphatic carbocycles. The van der Waals surface area contributed by atoms with Gasteiger partial charge in [0.25, 0.3) is 0 Å². The molecule has 0 fully saturated rings. The number of imide groups is 1. The fraction of sp³-hybridized carbons (Fsp3) is 0.500. The summed E-state index contributed by atoms with van der Waals surface area (Å²) in [5, 5.41) is 4.49. The molecule has 0 aliphatic heterocycles. The molecule has 0 aromatic rings. The Morgan fingerprint density at radius 2 is 2.15 bits per heavy atom.